The number of hydrogen-bond acceptors (Lipinski definition) is 16. The number of halogens is 4. The summed E-state index contributed by atoms with van der Waals surface area (Å²) in [6.45, 7) is 16.9. The normalized spacial score (nSPS) is 20.2. The number of aliphatic imine (C=N–C) groups is 1. The number of aromatic nitrogens is 2. The van der Waals surface area contributed by atoms with Crippen LogP contribution in [0.15, 0.2) is 96.2 Å². The molecule has 0 unspecified atom stereocenters. The van der Waals surface area contributed by atoms with Crippen LogP contribution in [0.25, 0.3) is 0 Å². The van der Waals surface area contributed by atoms with Crippen LogP contribution in [-0.2, 0) is 25.7 Å². The van der Waals surface area contributed by atoms with E-state index in [2.05, 4.69) is 64.7 Å². The number of amidine groups is 1. The number of piperidine rings is 2. The molecule has 0 aliphatic carbocycles. The molecule has 0 saturated carbocycles. The van der Waals surface area contributed by atoms with Crippen LogP contribution in [0.3, 0.4) is 0 Å². The van der Waals surface area contributed by atoms with Gasteiger partial charge in [-0.05, 0) is 118 Å². The molecule has 95 heavy (non-hydrogen) atoms. The van der Waals surface area contributed by atoms with Gasteiger partial charge >= 0.3 is 6.03 Å². The summed E-state index contributed by atoms with van der Waals surface area (Å²) in [5.41, 5.74) is 2.25. The molecule has 22 nitrogen and oxygen atoms in total. The highest BCUT2D eigenvalue weighted by molar-refractivity contribution is 6.30. The van der Waals surface area contributed by atoms with E-state index < -0.39 is 35.3 Å². The van der Waals surface area contributed by atoms with Crippen LogP contribution in [0.4, 0.5) is 30.9 Å². The van der Waals surface area contributed by atoms with Crippen LogP contribution in [0.2, 0.25) is 10.0 Å². The Morgan fingerprint density at radius 1 is 0.716 bits per heavy atom. The topological polar surface area (TPSA) is 216 Å². The van der Waals surface area contributed by atoms with Gasteiger partial charge in [-0.15, -0.1) is 0 Å². The largest absolute Gasteiger partial charge is 0.497 e. The molecule has 0 bridgehead atoms. The Morgan fingerprint density at radius 2 is 1.40 bits per heavy atom. The summed E-state index contributed by atoms with van der Waals surface area (Å²) in [5, 5.41) is 13.6. The lowest BCUT2D eigenvalue weighted by Crippen LogP contribution is -2.66. The predicted octanol–water partition coefficient (Wildman–Crippen LogP) is 7.62. The number of methoxy groups -OCH3 is 1. The molecule has 6 aliphatic heterocycles. The second-order valence-electron chi connectivity index (χ2n) is 26.7. The van der Waals surface area contributed by atoms with Gasteiger partial charge in [0.15, 0.2) is 0 Å². The number of hydrogen-bond donors (Lipinski definition) is 4. The summed E-state index contributed by atoms with van der Waals surface area (Å²) in [6, 6.07) is 22.8. The van der Waals surface area contributed by atoms with Crippen LogP contribution in [0.1, 0.15) is 94.1 Å². The van der Waals surface area contributed by atoms with Crippen LogP contribution in [-0.4, -0.2) is 218 Å². The first kappa shape index (κ1) is 68.5. The highest BCUT2D eigenvalue weighted by Gasteiger charge is 2.47. The Morgan fingerprint density at radius 3 is 2.09 bits per heavy atom. The first-order valence-corrected chi connectivity index (χ1v) is 33.8. The lowest BCUT2D eigenvalue weighted by atomic mass is 9.82. The average molecular weight is 1350 g/mol. The van der Waals surface area contributed by atoms with E-state index in [0.29, 0.717) is 129 Å². The molecule has 4 aromatic carbocycles. The molecule has 2 atom stereocenters. The fraction of sp³-hybridized carbons (Fsp3) is 0.507. The van der Waals surface area contributed by atoms with Crippen LogP contribution < -0.4 is 40.5 Å². The van der Waals surface area contributed by atoms with Gasteiger partial charge in [0.05, 0.1) is 55.7 Å². The third kappa shape index (κ3) is 17.2. The van der Waals surface area contributed by atoms with Crippen molar-refractivity contribution in [3.8, 4) is 11.5 Å². The summed E-state index contributed by atoms with van der Waals surface area (Å²) in [6.07, 6.45) is 5.16. The smallest absolute Gasteiger partial charge is 0.326 e. The highest BCUT2D eigenvalue weighted by Crippen LogP contribution is 2.46. The van der Waals surface area contributed by atoms with E-state index in [1.165, 1.54) is 28.3 Å². The van der Waals surface area contributed by atoms with E-state index in [-0.39, 0.29) is 80.1 Å². The first-order chi connectivity index (χ1) is 45.7. The Hall–Kier alpha value is -7.90. The average Bonchev–Trinajstić information content (AvgIpc) is 1.71. The van der Waals surface area contributed by atoms with Crippen molar-refractivity contribution in [1.29, 1.82) is 0 Å². The van der Waals surface area contributed by atoms with Crippen LogP contribution >= 0.6 is 23.2 Å². The van der Waals surface area contributed by atoms with E-state index in [4.69, 9.17) is 37.7 Å². The number of likely N-dealkylation sites (tertiary alicyclic amines) is 1. The van der Waals surface area contributed by atoms with Crippen molar-refractivity contribution in [3.63, 3.8) is 0 Å². The Kier molecular flexibility index (Phi) is 22.0. The van der Waals surface area contributed by atoms with Crippen molar-refractivity contribution in [1.82, 2.24) is 55.3 Å². The molecule has 5 saturated heterocycles. The molecule has 7 heterocycles. The summed E-state index contributed by atoms with van der Waals surface area (Å²) in [4.78, 5) is 97.7. The standard InChI is InChI=1S/C69H87Cl2F2N15O7/c1-46(2)95-57-36-52(94-5)15-16-53(57)66-79-64(47-7-11-50(70)12-8-47)65(48-9-13-51(71)14-10-48)88(66)67(93)86-34-33-85(63(92)43-86)41-61(90)76-23-28-81-29-31-83(32-30-81)40-60(89)75-22-6-21-74-58-38-59(78-45-77-58)84-26-19-69(20-27-84)44-87(42-62(91)80-69)56-37-54(72)49(35-55(56)73)39-82-24-17-68(3,4)18-25-82/h7-16,35-38,45-46,64-65H,6,17-34,39-44H2,1-5H3,(H,75,89)(H,76,90)(H,80,91)(H,74,77,78)/t64-,65+/m0/s1. The zero-order valence-corrected chi connectivity index (χ0v) is 56.4. The number of benzene rings is 4. The number of carbonyl (C=O) groups excluding carboxylic acids is 5. The monoisotopic (exact) mass is 1350 g/mol. The fourth-order valence-electron chi connectivity index (χ4n) is 13.5. The molecule has 26 heteroatoms. The Bertz CT molecular complexity index is 3580. The molecule has 1 spiro atoms. The van der Waals surface area contributed by atoms with Gasteiger partial charge in [0.2, 0.25) is 23.6 Å². The lowest BCUT2D eigenvalue weighted by molar-refractivity contribution is -0.139. The number of piperazine rings is 3. The number of rotatable bonds is 22. The van der Waals surface area contributed by atoms with Gasteiger partial charge in [0.25, 0.3) is 0 Å². The van der Waals surface area contributed by atoms with Crippen molar-refractivity contribution in [2.45, 2.75) is 90.1 Å². The van der Waals surface area contributed by atoms with Gasteiger partial charge in [-0.3, -0.25) is 43.8 Å². The van der Waals surface area contributed by atoms with E-state index in [0.717, 1.165) is 56.0 Å². The summed E-state index contributed by atoms with van der Waals surface area (Å²) < 4.78 is 43.2. The zero-order chi connectivity index (χ0) is 67.0. The van der Waals surface area contributed by atoms with Crippen molar-refractivity contribution in [2.75, 3.05) is 147 Å². The zero-order valence-electron chi connectivity index (χ0n) is 54.9. The Balaban J connectivity index is 0.583. The number of carbonyl (C=O) groups is 5. The van der Waals surface area contributed by atoms with Gasteiger partial charge in [-0.2, -0.15) is 0 Å². The fourth-order valence-corrected chi connectivity index (χ4v) is 13.7. The van der Waals surface area contributed by atoms with Gasteiger partial charge < -0.3 is 50.3 Å². The minimum atomic E-state index is -0.661. The van der Waals surface area contributed by atoms with Crippen molar-refractivity contribution >= 4 is 76.0 Å². The van der Waals surface area contributed by atoms with Gasteiger partial charge in [-0.1, -0.05) is 61.3 Å². The Labute approximate surface area is 564 Å². The molecule has 6 aliphatic rings. The minimum Gasteiger partial charge on any atom is -0.497 e. The van der Waals surface area contributed by atoms with E-state index in [1.807, 2.05) is 50.2 Å². The maximum Gasteiger partial charge on any atom is 0.326 e. The van der Waals surface area contributed by atoms with Crippen molar-refractivity contribution in [2.24, 2.45) is 10.4 Å². The minimum absolute atomic E-state index is 0.0475. The second-order valence-corrected chi connectivity index (χ2v) is 27.6. The van der Waals surface area contributed by atoms with Gasteiger partial charge in [0, 0.05) is 125 Å². The van der Waals surface area contributed by atoms with Crippen LogP contribution in [0, 0.1) is 17.0 Å². The quantitative estimate of drug-likeness (QED) is 0.0491. The van der Waals surface area contributed by atoms with Crippen molar-refractivity contribution < 1.29 is 42.2 Å². The number of amides is 6. The third-order valence-electron chi connectivity index (χ3n) is 19.0. The number of nitrogens with one attached hydrogen (secondary N) is 4. The third-order valence-corrected chi connectivity index (χ3v) is 19.5. The highest BCUT2D eigenvalue weighted by atomic mass is 35.5. The predicted molar refractivity (Wildman–Crippen MR) is 362 cm³/mol. The summed E-state index contributed by atoms with van der Waals surface area (Å²) >= 11 is 12.8. The number of ether oxygens (including phenoxy) is 2. The van der Waals surface area contributed by atoms with Gasteiger partial charge in [-0.25, -0.2) is 23.5 Å². The molecule has 5 aromatic rings. The number of nitrogens with zero attached hydrogens (tertiary/aromatic N) is 11. The molecule has 1 aromatic heterocycles. The number of anilines is 3. The molecular weight excluding hydrogens is 1260 g/mol. The summed E-state index contributed by atoms with van der Waals surface area (Å²) in [5.74, 6) is 0.871. The van der Waals surface area contributed by atoms with Crippen molar-refractivity contribution in [3.05, 3.63) is 135 Å². The van der Waals surface area contributed by atoms with Gasteiger partial charge in [0.1, 0.15) is 59.5 Å². The van der Waals surface area contributed by atoms with E-state index in [1.54, 1.807) is 53.3 Å². The van der Waals surface area contributed by atoms with E-state index >= 15 is 13.6 Å². The maximum atomic E-state index is 15.8. The molecule has 0 radical (unpaired) electrons. The molecule has 4 N–H and O–H groups in total. The molecule has 6 amide bonds. The van der Waals surface area contributed by atoms with Crippen LogP contribution in [0.5, 0.6) is 11.5 Å². The molecule has 5 fully saturated rings. The first-order valence-electron chi connectivity index (χ1n) is 33.0. The molecule has 508 valence electrons. The number of urea groups is 1. The van der Waals surface area contributed by atoms with E-state index in [9.17, 15) is 19.2 Å². The second kappa shape index (κ2) is 30.4. The maximum absolute atomic E-state index is 15.8. The molecular formula is C69H87Cl2F2N15O7. The summed E-state index contributed by atoms with van der Waals surface area (Å²) in [7, 11) is 1.57. The SMILES string of the molecule is COc1ccc(C2=N[C@@H](c3ccc(Cl)cc3)[C@@H](c3ccc(Cl)cc3)N2C(=O)N2CCN(CC(=O)NCCN3CCN(CC(=O)NCCCNc4cc(N5CCC6(CC5)CN(c5cc(F)c(CN7CCC(C)(C)CC7)cc5F)CC(=O)N6)ncn4)CC3)C(=O)C2)c(OC(C)C)c1. The lowest BCUT2D eigenvalue weighted by Gasteiger charge is -2.48. The molecule has 11 rings (SSSR count).